The van der Waals surface area contributed by atoms with Gasteiger partial charge in [0.2, 0.25) is 5.91 Å². The molecule has 4 rings (SSSR count). The molecule has 0 fully saturated rings. The van der Waals surface area contributed by atoms with Gasteiger partial charge < -0.3 is 14.6 Å². The predicted octanol–water partition coefficient (Wildman–Crippen LogP) is 5.94. The highest BCUT2D eigenvalue weighted by Gasteiger charge is 2.18. The zero-order chi connectivity index (χ0) is 20.9. The highest BCUT2D eigenvalue weighted by molar-refractivity contribution is 6.35. The fraction of sp³-hybridized carbons (Fsp3) is 0.240. The molecule has 30 heavy (non-hydrogen) atoms. The lowest BCUT2D eigenvalue weighted by atomic mass is 9.99. The van der Waals surface area contributed by atoms with E-state index in [1.807, 2.05) is 53.6 Å². The lowest BCUT2D eigenvalue weighted by Gasteiger charge is -2.25. The van der Waals surface area contributed by atoms with Gasteiger partial charge in [-0.2, -0.15) is 0 Å². The molecule has 4 nitrogen and oxygen atoms in total. The number of halogens is 1. The minimum absolute atomic E-state index is 0.0116. The predicted molar refractivity (Wildman–Crippen MR) is 124 cm³/mol. The largest absolute Gasteiger partial charge is 0.493 e. The van der Waals surface area contributed by atoms with E-state index in [2.05, 4.69) is 24.1 Å². The number of amides is 1. The number of benzene rings is 2. The molecule has 0 bridgehead atoms. The van der Waals surface area contributed by atoms with Crippen LogP contribution < -0.4 is 4.74 Å². The third kappa shape index (κ3) is 4.29. The van der Waals surface area contributed by atoms with Crippen LogP contribution in [0.1, 0.15) is 30.9 Å². The highest BCUT2D eigenvalue weighted by atomic mass is 35.5. The number of para-hydroxylation sites is 2. The molecule has 0 spiro atoms. The number of fused-ring (bicyclic) bond motifs is 1. The van der Waals surface area contributed by atoms with Crippen molar-refractivity contribution in [3.05, 3.63) is 77.0 Å². The van der Waals surface area contributed by atoms with E-state index in [1.54, 1.807) is 6.08 Å². The van der Waals surface area contributed by atoms with E-state index in [4.69, 9.17) is 16.3 Å². The van der Waals surface area contributed by atoms with Crippen LogP contribution in [0.4, 0.5) is 0 Å². The summed E-state index contributed by atoms with van der Waals surface area (Å²) in [5.74, 6) is 0.819. The smallest absolute Gasteiger partial charge is 0.246 e. The van der Waals surface area contributed by atoms with Gasteiger partial charge in [-0.3, -0.25) is 4.79 Å². The fourth-order valence-electron chi connectivity index (χ4n) is 3.73. The Morgan fingerprint density at radius 3 is 2.90 bits per heavy atom. The van der Waals surface area contributed by atoms with E-state index in [1.165, 1.54) is 5.57 Å². The van der Waals surface area contributed by atoms with E-state index in [-0.39, 0.29) is 5.91 Å². The molecule has 0 saturated heterocycles. The zero-order valence-corrected chi connectivity index (χ0v) is 17.8. The standard InChI is InChI=1S/C25H25ClN2O2/c1-2-16-30-23-9-4-3-6-19(23)10-11-24(29)28-14-12-18(13-15-28)21-17-27-25-20(21)7-5-8-22(25)26/h3-12,17,27H,2,13-16H2,1H3/b11-10+. The summed E-state index contributed by atoms with van der Waals surface area (Å²) in [6, 6.07) is 13.7. The fourth-order valence-corrected chi connectivity index (χ4v) is 3.95. The Labute approximate surface area is 181 Å². The van der Waals surface area contributed by atoms with Crippen LogP contribution in [0.3, 0.4) is 0 Å². The number of aromatic nitrogens is 1. The van der Waals surface area contributed by atoms with Crippen LogP contribution in [0.5, 0.6) is 5.75 Å². The molecule has 1 aromatic heterocycles. The van der Waals surface area contributed by atoms with Gasteiger partial charge in [-0.15, -0.1) is 0 Å². The molecule has 0 saturated carbocycles. The third-order valence-corrected chi connectivity index (χ3v) is 5.63. The number of H-pyrrole nitrogens is 1. The molecular weight excluding hydrogens is 396 g/mol. The summed E-state index contributed by atoms with van der Waals surface area (Å²) in [6.45, 7) is 4.03. The number of carbonyl (C=O) groups is 1. The van der Waals surface area contributed by atoms with Crippen LogP contribution in [0, 0.1) is 0 Å². The van der Waals surface area contributed by atoms with Crippen LogP contribution in [-0.2, 0) is 4.79 Å². The molecule has 1 aliphatic rings. The Hall–Kier alpha value is -2.98. The number of nitrogens with one attached hydrogen (secondary N) is 1. The lowest BCUT2D eigenvalue weighted by molar-refractivity contribution is -0.125. The Balaban J connectivity index is 1.45. The van der Waals surface area contributed by atoms with Gasteiger partial charge in [-0.25, -0.2) is 0 Å². The summed E-state index contributed by atoms with van der Waals surface area (Å²) in [5.41, 5.74) is 4.29. The van der Waals surface area contributed by atoms with Crippen LogP contribution in [0.2, 0.25) is 5.02 Å². The number of ether oxygens (including phenoxy) is 1. The van der Waals surface area contributed by atoms with Crippen molar-refractivity contribution in [1.82, 2.24) is 9.88 Å². The first kappa shape index (κ1) is 20.3. The summed E-state index contributed by atoms with van der Waals surface area (Å²) in [7, 11) is 0. The molecule has 1 aliphatic heterocycles. The van der Waals surface area contributed by atoms with E-state index in [9.17, 15) is 4.79 Å². The minimum atomic E-state index is 0.0116. The topological polar surface area (TPSA) is 45.3 Å². The molecule has 2 aromatic carbocycles. The number of carbonyl (C=O) groups excluding carboxylic acids is 1. The van der Waals surface area contributed by atoms with Crippen molar-refractivity contribution in [2.75, 3.05) is 19.7 Å². The van der Waals surface area contributed by atoms with Gasteiger partial charge in [0, 0.05) is 41.9 Å². The van der Waals surface area contributed by atoms with Crippen molar-refractivity contribution in [2.45, 2.75) is 19.8 Å². The summed E-state index contributed by atoms with van der Waals surface area (Å²) in [4.78, 5) is 17.8. The van der Waals surface area contributed by atoms with Crippen molar-refractivity contribution >= 4 is 40.1 Å². The maximum absolute atomic E-state index is 12.7. The van der Waals surface area contributed by atoms with Gasteiger partial charge in [0.05, 0.1) is 17.1 Å². The Morgan fingerprint density at radius 1 is 1.23 bits per heavy atom. The first-order chi connectivity index (χ1) is 14.7. The van der Waals surface area contributed by atoms with E-state index < -0.39 is 0 Å². The SMILES string of the molecule is CCCOc1ccccc1/C=C/C(=O)N1CC=C(c2c[nH]c3c(Cl)cccc23)CC1. The number of hydrogen-bond donors (Lipinski definition) is 1. The quantitative estimate of drug-likeness (QED) is 0.501. The summed E-state index contributed by atoms with van der Waals surface area (Å²) >= 11 is 6.28. The molecule has 154 valence electrons. The number of hydrogen-bond acceptors (Lipinski definition) is 2. The van der Waals surface area contributed by atoms with Crippen molar-refractivity contribution in [1.29, 1.82) is 0 Å². The first-order valence-corrected chi connectivity index (χ1v) is 10.7. The molecule has 1 N–H and O–H groups in total. The molecular formula is C25H25ClN2O2. The minimum Gasteiger partial charge on any atom is -0.493 e. The maximum atomic E-state index is 12.7. The molecule has 3 aromatic rings. The van der Waals surface area contributed by atoms with Crippen LogP contribution in [0.25, 0.3) is 22.6 Å². The lowest BCUT2D eigenvalue weighted by Crippen LogP contribution is -2.33. The second-order valence-corrected chi connectivity index (χ2v) is 7.76. The Morgan fingerprint density at radius 2 is 2.10 bits per heavy atom. The summed E-state index contributed by atoms with van der Waals surface area (Å²) in [6.07, 6.45) is 9.38. The molecule has 0 unspecified atom stereocenters. The molecule has 0 radical (unpaired) electrons. The van der Waals surface area contributed by atoms with Gasteiger partial charge in [-0.05, 0) is 36.6 Å². The van der Waals surface area contributed by atoms with Gasteiger partial charge in [-0.1, -0.05) is 54.9 Å². The number of aromatic amines is 1. The average Bonchev–Trinajstić information content (AvgIpc) is 3.22. The van der Waals surface area contributed by atoms with Gasteiger partial charge in [0.15, 0.2) is 0 Å². The van der Waals surface area contributed by atoms with Gasteiger partial charge >= 0.3 is 0 Å². The third-order valence-electron chi connectivity index (χ3n) is 5.32. The first-order valence-electron chi connectivity index (χ1n) is 10.3. The van der Waals surface area contributed by atoms with E-state index in [0.717, 1.165) is 45.6 Å². The van der Waals surface area contributed by atoms with Crippen LogP contribution in [-0.4, -0.2) is 35.5 Å². The van der Waals surface area contributed by atoms with Crippen LogP contribution >= 0.6 is 11.6 Å². The summed E-state index contributed by atoms with van der Waals surface area (Å²) in [5, 5.41) is 1.84. The van der Waals surface area contributed by atoms with E-state index >= 15 is 0 Å². The van der Waals surface area contributed by atoms with E-state index in [0.29, 0.717) is 19.7 Å². The molecule has 0 atom stereocenters. The average molecular weight is 421 g/mol. The second-order valence-electron chi connectivity index (χ2n) is 7.35. The normalized spacial score (nSPS) is 14.3. The van der Waals surface area contributed by atoms with Gasteiger partial charge in [0.25, 0.3) is 0 Å². The second kappa shape index (κ2) is 9.23. The monoisotopic (exact) mass is 420 g/mol. The molecule has 2 heterocycles. The Bertz CT molecular complexity index is 1110. The van der Waals surface area contributed by atoms with Crippen molar-refractivity contribution in [2.24, 2.45) is 0 Å². The number of rotatable bonds is 6. The molecule has 0 aliphatic carbocycles. The van der Waals surface area contributed by atoms with Crippen LogP contribution in [0.15, 0.2) is 60.8 Å². The highest BCUT2D eigenvalue weighted by Crippen LogP contribution is 2.32. The van der Waals surface area contributed by atoms with Crippen molar-refractivity contribution < 1.29 is 9.53 Å². The molecule has 1 amide bonds. The zero-order valence-electron chi connectivity index (χ0n) is 17.0. The van der Waals surface area contributed by atoms with Crippen molar-refractivity contribution in [3.8, 4) is 5.75 Å². The molecule has 5 heteroatoms. The summed E-state index contributed by atoms with van der Waals surface area (Å²) < 4.78 is 5.76. The van der Waals surface area contributed by atoms with Crippen molar-refractivity contribution in [3.63, 3.8) is 0 Å². The Kier molecular flexibility index (Phi) is 6.24. The maximum Gasteiger partial charge on any atom is 0.246 e. The number of nitrogens with zero attached hydrogens (tertiary/aromatic N) is 1. The van der Waals surface area contributed by atoms with Gasteiger partial charge in [0.1, 0.15) is 5.75 Å².